The fraction of sp³-hybridized carbons (Fsp3) is 0.800. The molecule has 0 spiro atoms. The van der Waals surface area contributed by atoms with Gasteiger partial charge < -0.3 is 20.8 Å². The summed E-state index contributed by atoms with van der Waals surface area (Å²) in [5.41, 5.74) is 5.48. The van der Waals surface area contributed by atoms with Gasteiger partial charge in [0.05, 0.1) is 30.6 Å². The molecule has 1 amide bonds. The summed E-state index contributed by atoms with van der Waals surface area (Å²) in [5.74, 6) is -2.03. The number of carbonyl (C=O) groups excluding carboxylic acids is 1. The Hall–Kier alpha value is -1.19. The third-order valence-corrected chi connectivity index (χ3v) is 4.74. The van der Waals surface area contributed by atoms with Crippen LogP contribution in [0.5, 0.6) is 0 Å². The monoisotopic (exact) mass is 294 g/mol. The molecule has 1 aliphatic heterocycles. The molecule has 1 fully saturated rings. The lowest BCUT2D eigenvalue weighted by molar-refractivity contribution is -0.143. The largest absolute Gasteiger partial charge is 0.481 e. The molecule has 1 rings (SSSR count). The number of carboxylic acid groups (broad SMARTS) is 1. The lowest BCUT2D eigenvalue weighted by Gasteiger charge is -2.29. The Kier molecular flexibility index (Phi) is 5.27. The van der Waals surface area contributed by atoms with Gasteiger partial charge in [-0.3, -0.25) is 9.59 Å². The molecule has 1 heterocycles. The fourth-order valence-corrected chi connectivity index (χ4v) is 3.82. The minimum atomic E-state index is -3.17. The van der Waals surface area contributed by atoms with E-state index in [4.69, 9.17) is 15.9 Å². The van der Waals surface area contributed by atoms with Crippen molar-refractivity contribution in [1.29, 1.82) is 0 Å². The van der Waals surface area contributed by atoms with Crippen molar-refractivity contribution in [2.24, 2.45) is 5.73 Å². The summed E-state index contributed by atoms with van der Waals surface area (Å²) >= 11 is 0. The molecule has 2 atom stereocenters. The molecule has 9 heteroatoms. The molecule has 19 heavy (non-hydrogen) atoms. The first-order valence-corrected chi connectivity index (χ1v) is 7.68. The number of nitrogens with two attached hydrogens (primary N) is 1. The van der Waals surface area contributed by atoms with Crippen LogP contribution >= 0.6 is 0 Å². The highest BCUT2D eigenvalue weighted by Gasteiger charge is 2.36. The van der Waals surface area contributed by atoms with Gasteiger partial charge in [0.15, 0.2) is 9.84 Å². The second kappa shape index (κ2) is 6.31. The molecule has 1 saturated heterocycles. The highest BCUT2D eigenvalue weighted by molar-refractivity contribution is 7.91. The van der Waals surface area contributed by atoms with E-state index in [1.165, 1.54) is 4.90 Å². The molecule has 0 aromatic rings. The minimum absolute atomic E-state index is 0.0129. The average molecular weight is 294 g/mol. The average Bonchev–Trinajstić information content (AvgIpc) is 2.64. The number of nitrogens with zero attached hydrogens (tertiary/aromatic N) is 1. The van der Waals surface area contributed by atoms with Crippen LogP contribution in [0.25, 0.3) is 0 Å². The molecule has 0 radical (unpaired) electrons. The number of rotatable bonds is 6. The Morgan fingerprint density at radius 3 is 2.47 bits per heavy atom. The number of amides is 1. The molecule has 0 aromatic heterocycles. The maximum Gasteiger partial charge on any atom is 0.305 e. The normalized spacial score (nSPS) is 22.9. The smallest absolute Gasteiger partial charge is 0.305 e. The van der Waals surface area contributed by atoms with Gasteiger partial charge in [-0.1, -0.05) is 0 Å². The second-order valence-electron chi connectivity index (χ2n) is 4.52. The number of aliphatic hydroxyl groups is 1. The quantitative estimate of drug-likeness (QED) is 0.505. The van der Waals surface area contributed by atoms with Crippen molar-refractivity contribution < 1.29 is 28.2 Å². The van der Waals surface area contributed by atoms with Crippen molar-refractivity contribution in [3.8, 4) is 0 Å². The van der Waals surface area contributed by atoms with Crippen LogP contribution in [0.2, 0.25) is 0 Å². The summed E-state index contributed by atoms with van der Waals surface area (Å²) in [4.78, 5) is 23.7. The van der Waals surface area contributed by atoms with E-state index in [-0.39, 0.29) is 31.1 Å². The zero-order valence-electron chi connectivity index (χ0n) is 10.4. The number of sulfone groups is 1. The second-order valence-corrected chi connectivity index (χ2v) is 6.75. The van der Waals surface area contributed by atoms with Crippen molar-refractivity contribution in [2.75, 3.05) is 24.7 Å². The number of hydrogen-bond acceptors (Lipinski definition) is 6. The number of hydrogen-bond donors (Lipinski definition) is 3. The summed E-state index contributed by atoms with van der Waals surface area (Å²) in [6.07, 6.45) is -0.242. The molecule has 0 saturated carbocycles. The molecular formula is C10H18N2O6S. The van der Waals surface area contributed by atoms with E-state index in [0.29, 0.717) is 0 Å². The lowest BCUT2D eigenvalue weighted by atomic mass is 10.1. The van der Waals surface area contributed by atoms with Crippen LogP contribution in [0.1, 0.15) is 12.8 Å². The third-order valence-electron chi connectivity index (χ3n) is 2.98. The topological polar surface area (TPSA) is 138 Å². The van der Waals surface area contributed by atoms with Gasteiger partial charge in [0.1, 0.15) is 0 Å². The minimum Gasteiger partial charge on any atom is -0.481 e. The summed E-state index contributed by atoms with van der Waals surface area (Å²) in [6.45, 7) is -0.381. The Labute approximate surface area is 111 Å². The lowest BCUT2D eigenvalue weighted by Crippen LogP contribution is -2.50. The maximum absolute atomic E-state index is 12.0. The van der Waals surface area contributed by atoms with Gasteiger partial charge in [-0.05, 0) is 6.42 Å². The Bertz CT molecular complexity index is 449. The van der Waals surface area contributed by atoms with Crippen molar-refractivity contribution in [3.63, 3.8) is 0 Å². The molecule has 2 unspecified atom stereocenters. The summed E-state index contributed by atoms with van der Waals surface area (Å²) in [5, 5.41) is 17.5. The van der Waals surface area contributed by atoms with E-state index in [1.807, 2.05) is 0 Å². The number of aliphatic carboxylic acids is 1. The first-order valence-electron chi connectivity index (χ1n) is 5.86. The van der Waals surface area contributed by atoms with Crippen molar-refractivity contribution >= 4 is 21.7 Å². The Morgan fingerprint density at radius 2 is 2.05 bits per heavy atom. The van der Waals surface area contributed by atoms with Gasteiger partial charge >= 0.3 is 5.97 Å². The van der Waals surface area contributed by atoms with Crippen LogP contribution in [0.3, 0.4) is 0 Å². The van der Waals surface area contributed by atoms with Crippen LogP contribution in [-0.4, -0.2) is 72.1 Å². The van der Waals surface area contributed by atoms with E-state index < -0.39 is 40.2 Å². The van der Waals surface area contributed by atoms with Crippen LogP contribution in [0.4, 0.5) is 0 Å². The van der Waals surface area contributed by atoms with Gasteiger partial charge in [-0.2, -0.15) is 0 Å². The maximum atomic E-state index is 12.0. The number of carbonyl (C=O) groups is 2. The predicted molar refractivity (Wildman–Crippen MR) is 66.1 cm³/mol. The van der Waals surface area contributed by atoms with E-state index in [2.05, 4.69) is 0 Å². The standard InChI is InChI=1S/C10H18N2O6S/c11-8(5-9(14)15)10(16)12(2-3-13)7-1-4-19(17,18)6-7/h7-8,13H,1-6,11H2,(H,14,15). The summed E-state index contributed by atoms with van der Waals surface area (Å²) in [7, 11) is -3.17. The van der Waals surface area contributed by atoms with E-state index in [9.17, 15) is 18.0 Å². The van der Waals surface area contributed by atoms with Crippen LogP contribution in [0.15, 0.2) is 0 Å². The summed E-state index contributed by atoms with van der Waals surface area (Å²) in [6, 6.07) is -1.77. The first-order chi connectivity index (χ1) is 8.76. The summed E-state index contributed by atoms with van der Waals surface area (Å²) < 4.78 is 22.8. The zero-order chi connectivity index (χ0) is 14.6. The first kappa shape index (κ1) is 15.9. The van der Waals surface area contributed by atoms with Crippen molar-refractivity contribution in [1.82, 2.24) is 4.90 Å². The third kappa shape index (κ3) is 4.44. The van der Waals surface area contributed by atoms with Crippen molar-refractivity contribution in [3.05, 3.63) is 0 Å². The van der Waals surface area contributed by atoms with Gasteiger partial charge in [0.2, 0.25) is 5.91 Å². The molecular weight excluding hydrogens is 276 g/mol. The molecule has 110 valence electrons. The molecule has 1 aliphatic rings. The van der Waals surface area contributed by atoms with E-state index in [0.717, 1.165) is 0 Å². The fourth-order valence-electron chi connectivity index (χ4n) is 2.09. The van der Waals surface area contributed by atoms with Crippen LogP contribution in [0, 0.1) is 0 Å². The Balaban J connectivity index is 2.77. The number of aliphatic hydroxyl groups excluding tert-OH is 1. The Morgan fingerprint density at radius 1 is 1.42 bits per heavy atom. The molecule has 4 N–H and O–H groups in total. The molecule has 0 aliphatic carbocycles. The van der Waals surface area contributed by atoms with Gasteiger partial charge in [-0.15, -0.1) is 0 Å². The highest BCUT2D eigenvalue weighted by atomic mass is 32.2. The molecule has 8 nitrogen and oxygen atoms in total. The zero-order valence-corrected chi connectivity index (χ0v) is 11.2. The highest BCUT2D eigenvalue weighted by Crippen LogP contribution is 2.18. The van der Waals surface area contributed by atoms with Crippen LogP contribution < -0.4 is 5.73 Å². The van der Waals surface area contributed by atoms with Crippen LogP contribution in [-0.2, 0) is 19.4 Å². The van der Waals surface area contributed by atoms with Gasteiger partial charge in [0, 0.05) is 12.6 Å². The molecule has 0 aromatic carbocycles. The number of carboxylic acids is 1. The van der Waals surface area contributed by atoms with Gasteiger partial charge in [0.25, 0.3) is 0 Å². The van der Waals surface area contributed by atoms with Crippen molar-refractivity contribution in [2.45, 2.75) is 24.9 Å². The van der Waals surface area contributed by atoms with E-state index >= 15 is 0 Å². The van der Waals surface area contributed by atoms with E-state index in [1.54, 1.807) is 0 Å². The van der Waals surface area contributed by atoms with Gasteiger partial charge in [-0.25, -0.2) is 8.42 Å². The molecule has 0 bridgehead atoms. The SMILES string of the molecule is NC(CC(=O)O)C(=O)N(CCO)C1CCS(=O)(=O)C1. The predicted octanol–water partition coefficient (Wildman–Crippen LogP) is -2.20.